The molecule has 3 aromatic rings. The van der Waals surface area contributed by atoms with Gasteiger partial charge in [-0.25, -0.2) is 4.79 Å². The smallest absolute Gasteiger partial charge is 0.332 e. The number of carbonyl (C=O) groups is 1. The van der Waals surface area contributed by atoms with Gasteiger partial charge in [-0.3, -0.25) is 23.6 Å². The lowest BCUT2D eigenvalue weighted by Crippen LogP contribution is -2.46. The first-order valence-corrected chi connectivity index (χ1v) is 11.7. The number of anilines is 1. The number of rotatable bonds is 9. The van der Waals surface area contributed by atoms with Crippen molar-refractivity contribution in [3.8, 4) is 11.5 Å². The van der Waals surface area contributed by atoms with Gasteiger partial charge in [-0.2, -0.15) is 0 Å². The van der Waals surface area contributed by atoms with Crippen molar-refractivity contribution in [1.82, 2.24) is 14.0 Å². The summed E-state index contributed by atoms with van der Waals surface area (Å²) < 4.78 is 14.1. The number of ether oxygens (including phenoxy) is 2. The number of nitrogens with zero attached hydrogens (tertiary/aromatic N) is 3. The summed E-state index contributed by atoms with van der Waals surface area (Å²) in [6, 6.07) is 16.7. The predicted molar refractivity (Wildman–Crippen MR) is 133 cm³/mol. The van der Waals surface area contributed by atoms with Crippen molar-refractivity contribution in [2.75, 3.05) is 32.0 Å². The SMILES string of the molecule is CCN(CC(=O)c1c(N)n(Cc2ccccc2)c(=O)n(CC)c1=O)C[C@@H]1COc2ccccc2O1. The highest BCUT2D eigenvalue weighted by atomic mass is 16.6. The summed E-state index contributed by atoms with van der Waals surface area (Å²) >= 11 is 0. The van der Waals surface area contributed by atoms with E-state index < -0.39 is 17.0 Å². The van der Waals surface area contributed by atoms with Crippen LogP contribution < -0.4 is 26.5 Å². The summed E-state index contributed by atoms with van der Waals surface area (Å²) in [7, 11) is 0. The number of carbonyl (C=O) groups excluding carboxylic acids is 1. The van der Waals surface area contributed by atoms with Crippen LogP contribution in [-0.2, 0) is 13.1 Å². The molecular weight excluding hydrogens is 448 g/mol. The fraction of sp³-hybridized carbons (Fsp3) is 0.346. The van der Waals surface area contributed by atoms with Gasteiger partial charge in [-0.05, 0) is 31.2 Å². The van der Waals surface area contributed by atoms with Crippen LogP contribution in [0.5, 0.6) is 11.5 Å². The average Bonchev–Trinajstić information content (AvgIpc) is 2.87. The second-order valence-corrected chi connectivity index (χ2v) is 8.41. The van der Waals surface area contributed by atoms with Gasteiger partial charge in [-0.1, -0.05) is 49.4 Å². The standard InChI is InChI=1S/C26H30N4O5/c1-3-28(15-19-17-34-21-12-8-9-13-22(21)35-19)16-20(31)23-24(27)30(14-18-10-6-5-7-11-18)26(33)29(4-2)25(23)32/h5-13,19H,3-4,14-17,27H2,1-2H3/t19-/m1/s1. The minimum atomic E-state index is -0.661. The molecule has 1 atom stereocenters. The summed E-state index contributed by atoms with van der Waals surface area (Å²) in [6.07, 6.45) is -0.269. The van der Waals surface area contributed by atoms with Crippen molar-refractivity contribution in [3.63, 3.8) is 0 Å². The van der Waals surface area contributed by atoms with Gasteiger partial charge in [-0.15, -0.1) is 0 Å². The summed E-state index contributed by atoms with van der Waals surface area (Å²) in [6.45, 7) is 5.22. The van der Waals surface area contributed by atoms with E-state index in [2.05, 4.69) is 0 Å². The molecule has 9 nitrogen and oxygen atoms in total. The molecule has 1 aliphatic rings. The number of nitrogen functional groups attached to an aromatic ring is 1. The summed E-state index contributed by atoms with van der Waals surface area (Å²) in [5.74, 6) is 0.807. The van der Waals surface area contributed by atoms with Crippen LogP contribution in [-0.4, -0.2) is 52.2 Å². The number of fused-ring (bicyclic) bond motifs is 1. The maximum absolute atomic E-state index is 13.4. The lowest BCUT2D eigenvalue weighted by atomic mass is 10.1. The van der Waals surface area contributed by atoms with Gasteiger partial charge in [0.25, 0.3) is 5.56 Å². The van der Waals surface area contributed by atoms with E-state index in [0.717, 1.165) is 10.1 Å². The van der Waals surface area contributed by atoms with Crippen molar-refractivity contribution in [2.45, 2.75) is 33.0 Å². The van der Waals surface area contributed by atoms with Gasteiger partial charge < -0.3 is 15.2 Å². The van der Waals surface area contributed by atoms with Gasteiger partial charge in [0.2, 0.25) is 0 Å². The fourth-order valence-electron chi connectivity index (χ4n) is 4.20. The number of ketones is 1. The lowest BCUT2D eigenvalue weighted by Gasteiger charge is -2.30. The molecule has 2 aromatic carbocycles. The number of likely N-dealkylation sites (N-methyl/N-ethyl adjacent to an activating group) is 1. The second-order valence-electron chi connectivity index (χ2n) is 8.41. The van der Waals surface area contributed by atoms with Crippen molar-refractivity contribution in [3.05, 3.63) is 86.6 Å². The Balaban J connectivity index is 1.57. The molecule has 0 unspecified atom stereocenters. The van der Waals surface area contributed by atoms with E-state index in [-0.39, 0.29) is 37.1 Å². The van der Waals surface area contributed by atoms with E-state index >= 15 is 0 Å². The van der Waals surface area contributed by atoms with Crippen LogP contribution in [0.4, 0.5) is 5.82 Å². The molecule has 0 saturated heterocycles. The minimum Gasteiger partial charge on any atom is -0.486 e. The van der Waals surface area contributed by atoms with Crippen LogP contribution in [0.25, 0.3) is 0 Å². The summed E-state index contributed by atoms with van der Waals surface area (Å²) in [4.78, 5) is 41.3. The van der Waals surface area contributed by atoms with Gasteiger partial charge in [0.1, 0.15) is 24.1 Å². The van der Waals surface area contributed by atoms with Crippen molar-refractivity contribution in [2.24, 2.45) is 0 Å². The third-order valence-corrected chi connectivity index (χ3v) is 6.09. The highest BCUT2D eigenvalue weighted by Gasteiger charge is 2.27. The van der Waals surface area contributed by atoms with E-state index in [9.17, 15) is 14.4 Å². The Morgan fingerprint density at radius 2 is 1.71 bits per heavy atom. The average molecular weight is 479 g/mol. The Bertz CT molecular complexity index is 1320. The number of para-hydroxylation sites is 2. The van der Waals surface area contributed by atoms with Crippen LogP contribution in [0.1, 0.15) is 29.8 Å². The molecule has 0 amide bonds. The maximum atomic E-state index is 13.4. The third-order valence-electron chi connectivity index (χ3n) is 6.09. The molecule has 0 bridgehead atoms. The third kappa shape index (κ3) is 5.14. The van der Waals surface area contributed by atoms with Crippen LogP contribution in [0.3, 0.4) is 0 Å². The first kappa shape index (κ1) is 24.3. The van der Waals surface area contributed by atoms with E-state index in [1.807, 2.05) is 66.4 Å². The highest BCUT2D eigenvalue weighted by Crippen LogP contribution is 2.31. The normalized spacial score (nSPS) is 14.8. The molecular formula is C26H30N4O5. The van der Waals surface area contributed by atoms with E-state index in [1.165, 1.54) is 4.57 Å². The quantitative estimate of drug-likeness (QED) is 0.469. The van der Waals surface area contributed by atoms with E-state index in [4.69, 9.17) is 15.2 Å². The van der Waals surface area contributed by atoms with Crippen LogP contribution in [0, 0.1) is 0 Å². The summed E-state index contributed by atoms with van der Waals surface area (Å²) in [5, 5.41) is 0. The van der Waals surface area contributed by atoms with Crippen molar-refractivity contribution in [1.29, 1.82) is 0 Å². The number of hydrogen-bond donors (Lipinski definition) is 1. The molecule has 35 heavy (non-hydrogen) atoms. The summed E-state index contributed by atoms with van der Waals surface area (Å²) in [5.41, 5.74) is 5.76. The first-order chi connectivity index (χ1) is 16.9. The molecule has 0 spiro atoms. The zero-order valence-corrected chi connectivity index (χ0v) is 20.0. The highest BCUT2D eigenvalue weighted by molar-refractivity contribution is 6.01. The Hall–Kier alpha value is -3.85. The first-order valence-electron chi connectivity index (χ1n) is 11.7. The van der Waals surface area contributed by atoms with Crippen LogP contribution in [0.2, 0.25) is 0 Å². The monoisotopic (exact) mass is 478 g/mol. The molecule has 1 aromatic heterocycles. The maximum Gasteiger partial charge on any atom is 0.332 e. The van der Waals surface area contributed by atoms with Gasteiger partial charge >= 0.3 is 5.69 Å². The van der Waals surface area contributed by atoms with E-state index in [0.29, 0.717) is 31.2 Å². The Labute approximate surface area is 203 Å². The second kappa shape index (κ2) is 10.6. The predicted octanol–water partition coefficient (Wildman–Crippen LogP) is 2.00. The van der Waals surface area contributed by atoms with Crippen molar-refractivity contribution >= 4 is 11.6 Å². The molecule has 9 heteroatoms. The number of aromatic nitrogens is 2. The van der Waals surface area contributed by atoms with Gasteiger partial charge in [0.15, 0.2) is 17.3 Å². The van der Waals surface area contributed by atoms with Crippen molar-refractivity contribution < 1.29 is 14.3 Å². The van der Waals surface area contributed by atoms with Gasteiger partial charge in [0, 0.05) is 13.1 Å². The molecule has 1 aliphatic heterocycles. The van der Waals surface area contributed by atoms with Crippen LogP contribution >= 0.6 is 0 Å². The molecule has 0 radical (unpaired) electrons. The molecule has 2 N–H and O–H groups in total. The minimum absolute atomic E-state index is 0.0370. The Morgan fingerprint density at radius 1 is 1.03 bits per heavy atom. The number of nitrogens with two attached hydrogens (primary N) is 1. The largest absolute Gasteiger partial charge is 0.486 e. The van der Waals surface area contributed by atoms with Gasteiger partial charge in [0.05, 0.1) is 13.1 Å². The molecule has 4 rings (SSSR count). The van der Waals surface area contributed by atoms with E-state index in [1.54, 1.807) is 6.92 Å². The number of hydrogen-bond acceptors (Lipinski definition) is 7. The number of benzene rings is 2. The topological polar surface area (TPSA) is 109 Å². The Kier molecular flexibility index (Phi) is 7.36. The lowest BCUT2D eigenvalue weighted by molar-refractivity contribution is 0.0572. The zero-order valence-electron chi connectivity index (χ0n) is 20.0. The zero-order chi connectivity index (χ0) is 24.9. The Morgan fingerprint density at radius 3 is 2.40 bits per heavy atom. The molecule has 2 heterocycles. The fourth-order valence-corrected chi connectivity index (χ4v) is 4.20. The number of Topliss-reactive ketones (excluding diaryl/α,β-unsaturated/α-hetero) is 1. The van der Waals surface area contributed by atoms with Crippen LogP contribution in [0.15, 0.2) is 64.2 Å². The molecule has 0 saturated carbocycles. The molecule has 0 fully saturated rings. The molecule has 0 aliphatic carbocycles. The molecule has 184 valence electrons.